The number of aryl methyl sites for hydroxylation is 1. The Morgan fingerprint density at radius 1 is 0.889 bits per heavy atom. The summed E-state index contributed by atoms with van der Waals surface area (Å²) in [5, 5.41) is 6.60. The van der Waals surface area contributed by atoms with Gasteiger partial charge in [-0.25, -0.2) is 4.79 Å². The highest BCUT2D eigenvalue weighted by molar-refractivity contribution is 5.85. The molecule has 1 atom stereocenters. The molecule has 27 heavy (non-hydrogen) atoms. The largest absolute Gasteiger partial charge is 0.338 e. The van der Waals surface area contributed by atoms with Crippen molar-refractivity contribution < 1.29 is 4.79 Å². The Morgan fingerprint density at radius 3 is 2.37 bits per heavy atom. The number of hydrogen-bond acceptors (Lipinski definition) is 2. The number of nitrogens with zero attached hydrogens (tertiary/aromatic N) is 1. The molecule has 0 aromatic heterocycles. The van der Waals surface area contributed by atoms with Gasteiger partial charge in [-0.15, -0.1) is 12.4 Å². The zero-order chi connectivity index (χ0) is 17.8. The number of rotatable bonds is 2. The Bertz CT molecular complexity index is 746. The van der Waals surface area contributed by atoms with Gasteiger partial charge in [0.1, 0.15) is 0 Å². The molecule has 0 radical (unpaired) electrons. The summed E-state index contributed by atoms with van der Waals surface area (Å²) in [4.78, 5) is 15.3. The van der Waals surface area contributed by atoms with Crippen LogP contribution in [0.4, 0.5) is 4.79 Å². The first-order valence-corrected chi connectivity index (χ1v) is 9.74. The van der Waals surface area contributed by atoms with E-state index < -0.39 is 0 Å². The summed E-state index contributed by atoms with van der Waals surface area (Å²) in [5.74, 6) is 0. The second-order valence-electron chi connectivity index (χ2n) is 7.24. The Kier molecular flexibility index (Phi) is 6.75. The van der Waals surface area contributed by atoms with Crippen LogP contribution in [0.2, 0.25) is 0 Å². The smallest absolute Gasteiger partial charge is 0.318 e. The highest BCUT2D eigenvalue weighted by Gasteiger charge is 2.35. The van der Waals surface area contributed by atoms with Crippen LogP contribution in [-0.4, -0.2) is 36.6 Å². The van der Waals surface area contributed by atoms with Gasteiger partial charge < -0.3 is 15.5 Å². The number of hydrogen-bond donors (Lipinski definition) is 2. The molecule has 0 spiro atoms. The molecule has 0 aliphatic carbocycles. The van der Waals surface area contributed by atoms with Gasteiger partial charge in [0.05, 0.1) is 6.04 Å². The Balaban J connectivity index is 0.00000210. The Labute approximate surface area is 167 Å². The average molecular weight is 386 g/mol. The lowest BCUT2D eigenvalue weighted by molar-refractivity contribution is 0.139. The molecular weight excluding hydrogens is 358 g/mol. The lowest BCUT2D eigenvalue weighted by atomic mass is 9.89. The molecule has 2 aliphatic rings. The number of urea groups is 1. The van der Waals surface area contributed by atoms with Crippen molar-refractivity contribution in [3.8, 4) is 0 Å². The molecule has 2 aliphatic heterocycles. The molecule has 2 N–H and O–H groups in total. The number of fused-ring (bicyclic) bond motifs is 1. The van der Waals surface area contributed by atoms with E-state index in [-0.39, 0.29) is 30.5 Å². The molecule has 2 aromatic rings. The number of amides is 2. The third kappa shape index (κ3) is 4.28. The molecule has 1 unspecified atom stereocenters. The maximum absolute atomic E-state index is 13.2. The van der Waals surface area contributed by atoms with Crippen LogP contribution in [0.1, 0.15) is 42.0 Å². The molecule has 1 fully saturated rings. The van der Waals surface area contributed by atoms with Crippen LogP contribution in [0.3, 0.4) is 0 Å². The minimum absolute atomic E-state index is 0. The predicted octanol–water partition coefficient (Wildman–Crippen LogP) is 3.91. The molecular formula is C22H28ClN3O. The standard InChI is InChI=1S/C22H27N3O.ClH/c26-22-24-14-6-10-17-7-4-5-11-20(17)21(18-8-2-1-3-9-18)25(22)19-12-15-23-16-13-19;/h1-5,7-9,11,19,21,23H,6,10,12-16H2,(H,24,26);1H. The third-order valence-electron chi connectivity index (χ3n) is 5.58. The van der Waals surface area contributed by atoms with Crippen LogP contribution < -0.4 is 10.6 Å². The first kappa shape index (κ1) is 19.7. The minimum atomic E-state index is -0.0337. The number of benzene rings is 2. The molecule has 2 heterocycles. The summed E-state index contributed by atoms with van der Waals surface area (Å²) < 4.78 is 0. The van der Waals surface area contributed by atoms with Crippen molar-refractivity contribution in [3.63, 3.8) is 0 Å². The summed E-state index contributed by atoms with van der Waals surface area (Å²) in [6.45, 7) is 2.67. The zero-order valence-corrected chi connectivity index (χ0v) is 16.4. The van der Waals surface area contributed by atoms with Gasteiger partial charge in [-0.3, -0.25) is 0 Å². The van der Waals surface area contributed by atoms with Crippen molar-refractivity contribution in [1.82, 2.24) is 15.5 Å². The zero-order valence-electron chi connectivity index (χ0n) is 15.6. The highest BCUT2D eigenvalue weighted by atomic mass is 35.5. The summed E-state index contributed by atoms with van der Waals surface area (Å²) in [5.41, 5.74) is 3.82. The minimum Gasteiger partial charge on any atom is -0.338 e. The van der Waals surface area contributed by atoms with Crippen LogP contribution in [0.25, 0.3) is 0 Å². The van der Waals surface area contributed by atoms with E-state index in [1.165, 1.54) is 16.7 Å². The van der Waals surface area contributed by atoms with Gasteiger partial charge in [-0.05, 0) is 55.5 Å². The molecule has 1 saturated heterocycles. The SMILES string of the molecule is Cl.O=C1NCCCc2ccccc2C(c2ccccc2)N1C1CCNCC1. The van der Waals surface area contributed by atoms with E-state index >= 15 is 0 Å². The van der Waals surface area contributed by atoms with E-state index in [1.54, 1.807) is 0 Å². The first-order chi connectivity index (χ1) is 12.8. The maximum atomic E-state index is 13.2. The van der Waals surface area contributed by atoms with Gasteiger partial charge in [0.25, 0.3) is 0 Å². The fourth-order valence-electron chi connectivity index (χ4n) is 4.30. The second kappa shape index (κ2) is 9.25. The number of nitrogens with one attached hydrogen (secondary N) is 2. The fraction of sp³-hybridized carbons (Fsp3) is 0.409. The fourth-order valence-corrected chi connectivity index (χ4v) is 4.30. The van der Waals surface area contributed by atoms with Gasteiger partial charge in [0.15, 0.2) is 0 Å². The molecule has 0 saturated carbocycles. The van der Waals surface area contributed by atoms with E-state index in [1.807, 2.05) is 6.07 Å². The summed E-state index contributed by atoms with van der Waals surface area (Å²) in [6.07, 6.45) is 3.97. The quantitative estimate of drug-likeness (QED) is 0.823. The summed E-state index contributed by atoms with van der Waals surface area (Å²) in [7, 11) is 0. The number of carbonyl (C=O) groups excluding carboxylic acids is 1. The van der Waals surface area contributed by atoms with E-state index in [0.29, 0.717) is 0 Å². The topological polar surface area (TPSA) is 44.4 Å². The van der Waals surface area contributed by atoms with Crippen molar-refractivity contribution in [1.29, 1.82) is 0 Å². The van der Waals surface area contributed by atoms with Crippen LogP contribution in [0.15, 0.2) is 54.6 Å². The molecule has 144 valence electrons. The predicted molar refractivity (Wildman–Crippen MR) is 111 cm³/mol. The highest BCUT2D eigenvalue weighted by Crippen LogP contribution is 2.35. The van der Waals surface area contributed by atoms with Gasteiger partial charge in [-0.1, -0.05) is 54.6 Å². The summed E-state index contributed by atoms with van der Waals surface area (Å²) >= 11 is 0. The lowest BCUT2D eigenvalue weighted by Gasteiger charge is -2.40. The van der Waals surface area contributed by atoms with Crippen LogP contribution >= 0.6 is 12.4 Å². The van der Waals surface area contributed by atoms with Gasteiger partial charge in [-0.2, -0.15) is 0 Å². The number of carbonyl (C=O) groups is 1. The monoisotopic (exact) mass is 385 g/mol. The van der Waals surface area contributed by atoms with Crippen LogP contribution in [-0.2, 0) is 6.42 Å². The van der Waals surface area contributed by atoms with Crippen LogP contribution in [0.5, 0.6) is 0 Å². The molecule has 2 amide bonds. The van der Waals surface area contributed by atoms with Gasteiger partial charge in [0, 0.05) is 12.6 Å². The van der Waals surface area contributed by atoms with Crippen molar-refractivity contribution in [2.45, 2.75) is 37.8 Å². The Morgan fingerprint density at radius 2 is 1.59 bits per heavy atom. The molecule has 4 nitrogen and oxygen atoms in total. The first-order valence-electron chi connectivity index (χ1n) is 9.74. The van der Waals surface area contributed by atoms with E-state index in [0.717, 1.165) is 45.3 Å². The Hall–Kier alpha value is -2.04. The van der Waals surface area contributed by atoms with E-state index in [2.05, 4.69) is 64.1 Å². The molecule has 2 aromatic carbocycles. The second-order valence-corrected chi connectivity index (χ2v) is 7.24. The van der Waals surface area contributed by atoms with Gasteiger partial charge in [0.2, 0.25) is 0 Å². The normalized spacial score (nSPS) is 21.1. The molecule has 5 heteroatoms. The van der Waals surface area contributed by atoms with Crippen molar-refractivity contribution >= 4 is 18.4 Å². The van der Waals surface area contributed by atoms with Crippen LogP contribution in [0, 0.1) is 0 Å². The van der Waals surface area contributed by atoms with Crippen molar-refractivity contribution in [2.75, 3.05) is 19.6 Å². The van der Waals surface area contributed by atoms with E-state index in [9.17, 15) is 4.79 Å². The average Bonchev–Trinajstić information content (AvgIpc) is 2.77. The van der Waals surface area contributed by atoms with Crippen molar-refractivity contribution in [2.24, 2.45) is 0 Å². The maximum Gasteiger partial charge on any atom is 0.318 e. The lowest BCUT2D eigenvalue weighted by Crippen LogP contribution is -2.51. The third-order valence-corrected chi connectivity index (χ3v) is 5.58. The van der Waals surface area contributed by atoms with Gasteiger partial charge >= 0.3 is 6.03 Å². The summed E-state index contributed by atoms with van der Waals surface area (Å²) in [6, 6.07) is 19.4. The number of piperidine rings is 1. The van der Waals surface area contributed by atoms with E-state index in [4.69, 9.17) is 0 Å². The molecule has 0 bridgehead atoms. The number of halogens is 1. The van der Waals surface area contributed by atoms with Crippen molar-refractivity contribution in [3.05, 3.63) is 71.3 Å². The molecule has 4 rings (SSSR count).